The van der Waals surface area contributed by atoms with Crippen LogP contribution in [0.1, 0.15) is 71.1 Å². The fourth-order valence-electron chi connectivity index (χ4n) is 1.96. The fraction of sp³-hybridized carbons (Fsp3) is 0.867. The molecule has 0 spiro atoms. The SMILES string of the molecule is CCCCCCCCCCCC(=O)N(C)C[C-]=O.[Na+]. The van der Waals surface area contributed by atoms with Gasteiger partial charge in [-0.1, -0.05) is 64.8 Å². The second kappa shape index (κ2) is 16.2. The molecule has 0 heterocycles. The molecule has 19 heavy (non-hydrogen) atoms. The molecule has 0 aliphatic carbocycles. The van der Waals surface area contributed by atoms with E-state index in [1.807, 2.05) is 0 Å². The van der Waals surface area contributed by atoms with E-state index in [-0.39, 0.29) is 42.0 Å². The van der Waals surface area contributed by atoms with Crippen LogP contribution in [0.15, 0.2) is 0 Å². The van der Waals surface area contributed by atoms with E-state index in [1.165, 1.54) is 49.8 Å². The van der Waals surface area contributed by atoms with Crippen LogP contribution in [0.5, 0.6) is 0 Å². The Labute approximate surface area is 140 Å². The average molecular weight is 277 g/mol. The minimum Gasteiger partial charge on any atom is -0.540 e. The summed E-state index contributed by atoms with van der Waals surface area (Å²) in [4.78, 5) is 23.1. The molecule has 0 aromatic heterocycles. The van der Waals surface area contributed by atoms with Crippen LogP contribution in [-0.2, 0) is 9.59 Å². The molecule has 0 aromatic rings. The van der Waals surface area contributed by atoms with Gasteiger partial charge >= 0.3 is 29.6 Å². The molecular weight excluding hydrogens is 249 g/mol. The van der Waals surface area contributed by atoms with Crippen molar-refractivity contribution in [1.29, 1.82) is 0 Å². The van der Waals surface area contributed by atoms with Crippen LogP contribution in [0, 0.1) is 0 Å². The standard InChI is InChI=1S/C15H28NO2.Na/c1-3-4-5-6-7-8-9-10-11-12-15(18)16(2)13-14-17;/h3-13H2,1-2H3;/q-1;+1. The van der Waals surface area contributed by atoms with Gasteiger partial charge in [-0.25, -0.2) is 6.29 Å². The fourth-order valence-corrected chi connectivity index (χ4v) is 1.96. The molecule has 106 valence electrons. The normalized spacial score (nSPS) is 9.79. The Balaban J connectivity index is 0. The van der Waals surface area contributed by atoms with Gasteiger partial charge in [-0.3, -0.25) is 4.79 Å². The number of nitrogens with zero attached hydrogens (tertiary/aromatic N) is 1. The summed E-state index contributed by atoms with van der Waals surface area (Å²) >= 11 is 0. The second-order valence-electron chi connectivity index (χ2n) is 4.97. The Morgan fingerprint density at radius 1 is 0.947 bits per heavy atom. The van der Waals surface area contributed by atoms with Crippen LogP contribution in [-0.4, -0.2) is 30.7 Å². The van der Waals surface area contributed by atoms with Gasteiger partial charge in [0.25, 0.3) is 0 Å². The number of hydrogen-bond donors (Lipinski definition) is 0. The Morgan fingerprint density at radius 2 is 1.42 bits per heavy atom. The molecule has 0 aliphatic rings. The Hall–Kier alpha value is 0.140. The van der Waals surface area contributed by atoms with Gasteiger partial charge in [0, 0.05) is 13.5 Å². The molecular formula is C15H28NNaO2. The van der Waals surface area contributed by atoms with Crippen molar-refractivity contribution in [2.75, 3.05) is 13.6 Å². The largest absolute Gasteiger partial charge is 1.00 e. The first-order chi connectivity index (χ1) is 8.72. The Kier molecular flexibility index (Phi) is 18.3. The van der Waals surface area contributed by atoms with Crippen LogP contribution in [0.2, 0.25) is 0 Å². The quantitative estimate of drug-likeness (QED) is 0.296. The zero-order valence-corrected chi connectivity index (χ0v) is 15.0. The molecule has 0 saturated carbocycles. The third kappa shape index (κ3) is 14.4. The zero-order chi connectivity index (χ0) is 13.6. The molecule has 1 amide bonds. The summed E-state index contributed by atoms with van der Waals surface area (Å²) in [7, 11) is 1.65. The van der Waals surface area contributed by atoms with E-state index in [4.69, 9.17) is 0 Å². The van der Waals surface area contributed by atoms with Crippen LogP contribution >= 0.6 is 0 Å². The first-order valence-electron chi connectivity index (χ1n) is 7.31. The smallest absolute Gasteiger partial charge is 0.540 e. The zero-order valence-electron chi connectivity index (χ0n) is 13.0. The van der Waals surface area contributed by atoms with Crippen molar-refractivity contribution < 1.29 is 39.1 Å². The molecule has 0 N–H and O–H groups in total. The van der Waals surface area contributed by atoms with Crippen molar-refractivity contribution in [3.8, 4) is 0 Å². The molecule has 0 radical (unpaired) electrons. The first kappa shape index (κ1) is 21.4. The van der Waals surface area contributed by atoms with Crippen molar-refractivity contribution >= 4 is 12.2 Å². The number of unbranched alkanes of at least 4 members (excludes halogenated alkanes) is 8. The molecule has 0 aromatic carbocycles. The predicted octanol–water partition coefficient (Wildman–Crippen LogP) is 0.479. The van der Waals surface area contributed by atoms with E-state index in [0.717, 1.165) is 12.8 Å². The molecule has 0 atom stereocenters. The van der Waals surface area contributed by atoms with E-state index in [1.54, 1.807) is 13.3 Å². The van der Waals surface area contributed by atoms with E-state index in [2.05, 4.69) is 6.92 Å². The van der Waals surface area contributed by atoms with Crippen molar-refractivity contribution in [2.45, 2.75) is 71.1 Å². The summed E-state index contributed by atoms with van der Waals surface area (Å²) in [5.74, 6) is 0.0568. The molecule has 3 nitrogen and oxygen atoms in total. The van der Waals surface area contributed by atoms with Crippen molar-refractivity contribution in [3.05, 3.63) is 0 Å². The maximum Gasteiger partial charge on any atom is 1.00 e. The van der Waals surface area contributed by atoms with Crippen LogP contribution in [0.4, 0.5) is 0 Å². The van der Waals surface area contributed by atoms with Gasteiger partial charge in [-0.15, -0.1) is 0 Å². The minimum atomic E-state index is 0. The van der Waals surface area contributed by atoms with Crippen LogP contribution in [0.3, 0.4) is 0 Å². The van der Waals surface area contributed by atoms with Gasteiger partial charge in [-0.2, -0.15) is 0 Å². The average Bonchev–Trinajstić information content (AvgIpc) is 2.36. The molecule has 0 unspecified atom stereocenters. The third-order valence-electron chi connectivity index (χ3n) is 3.22. The molecule has 0 aliphatic heterocycles. The topological polar surface area (TPSA) is 37.4 Å². The Bertz CT molecular complexity index is 222. The van der Waals surface area contributed by atoms with E-state index >= 15 is 0 Å². The summed E-state index contributed by atoms with van der Waals surface area (Å²) in [6.07, 6.45) is 13.6. The van der Waals surface area contributed by atoms with Gasteiger partial charge in [0.1, 0.15) is 0 Å². The number of hydrogen-bond acceptors (Lipinski definition) is 2. The van der Waals surface area contributed by atoms with E-state index in [9.17, 15) is 9.59 Å². The maximum atomic E-state index is 11.5. The second-order valence-corrected chi connectivity index (χ2v) is 4.97. The summed E-state index contributed by atoms with van der Waals surface area (Å²) in [6, 6.07) is 0. The predicted molar refractivity (Wildman–Crippen MR) is 75.2 cm³/mol. The number of carbonyl (C=O) groups is 1. The maximum absolute atomic E-state index is 11.5. The van der Waals surface area contributed by atoms with Crippen molar-refractivity contribution in [2.24, 2.45) is 0 Å². The summed E-state index contributed by atoms with van der Waals surface area (Å²) in [5, 5.41) is 0. The van der Waals surface area contributed by atoms with E-state index < -0.39 is 0 Å². The Morgan fingerprint density at radius 3 is 1.89 bits per heavy atom. The number of carbonyl (C=O) groups excluding carboxylic acids is 2. The number of likely N-dealkylation sites (N-methyl/N-ethyl adjacent to an activating group) is 1. The van der Waals surface area contributed by atoms with Gasteiger partial charge < -0.3 is 9.69 Å². The summed E-state index contributed by atoms with van der Waals surface area (Å²) in [5.41, 5.74) is 0. The molecule has 4 heteroatoms. The van der Waals surface area contributed by atoms with Gasteiger partial charge in [-0.05, 0) is 6.42 Å². The van der Waals surface area contributed by atoms with Crippen LogP contribution in [0.25, 0.3) is 0 Å². The first-order valence-corrected chi connectivity index (χ1v) is 7.31. The molecule has 0 saturated heterocycles. The van der Waals surface area contributed by atoms with Crippen LogP contribution < -0.4 is 29.6 Å². The number of amides is 1. The van der Waals surface area contributed by atoms with E-state index in [0.29, 0.717) is 6.42 Å². The summed E-state index contributed by atoms with van der Waals surface area (Å²) in [6.45, 7) is 2.33. The van der Waals surface area contributed by atoms with Crippen molar-refractivity contribution in [3.63, 3.8) is 0 Å². The monoisotopic (exact) mass is 277 g/mol. The van der Waals surface area contributed by atoms with Crippen molar-refractivity contribution in [1.82, 2.24) is 4.90 Å². The summed E-state index contributed by atoms with van der Waals surface area (Å²) < 4.78 is 0. The third-order valence-corrected chi connectivity index (χ3v) is 3.22. The molecule has 0 fully saturated rings. The van der Waals surface area contributed by atoms with Gasteiger partial charge in [0.2, 0.25) is 5.91 Å². The van der Waals surface area contributed by atoms with Gasteiger partial charge in [0.05, 0.1) is 0 Å². The van der Waals surface area contributed by atoms with Gasteiger partial charge in [0.15, 0.2) is 0 Å². The molecule has 0 bridgehead atoms. The number of rotatable bonds is 12. The minimum absolute atomic E-state index is 0. The molecule has 0 rings (SSSR count).